The van der Waals surface area contributed by atoms with Crippen molar-refractivity contribution in [3.05, 3.63) is 25.5 Å². The van der Waals surface area contributed by atoms with Crippen LogP contribution in [0.4, 0.5) is 0 Å². The lowest BCUT2D eigenvalue weighted by molar-refractivity contribution is -0.171. The Kier molecular flexibility index (Phi) is 7.67. The van der Waals surface area contributed by atoms with Gasteiger partial charge in [0, 0.05) is 6.08 Å². The molecule has 0 spiro atoms. The van der Waals surface area contributed by atoms with Gasteiger partial charge in [-0.2, -0.15) is 0 Å². The average molecular weight is 258 g/mol. The van der Waals surface area contributed by atoms with E-state index in [1.807, 2.05) is 0 Å². The molecule has 0 rings (SSSR count). The molecule has 0 fully saturated rings. The van der Waals surface area contributed by atoms with Crippen LogP contribution >= 0.6 is 0 Å². The Balaban J connectivity index is 3.87. The Morgan fingerprint density at radius 3 is 2.44 bits per heavy atom. The third-order valence-electron chi connectivity index (χ3n) is 1.53. The van der Waals surface area contributed by atoms with Gasteiger partial charge in [0.15, 0.2) is 12.7 Å². The van der Waals surface area contributed by atoms with E-state index in [2.05, 4.69) is 32.1 Å². The van der Waals surface area contributed by atoms with Crippen LogP contribution in [-0.4, -0.2) is 37.4 Å². The van der Waals surface area contributed by atoms with E-state index in [1.54, 1.807) is 0 Å². The number of carbonyl (C=O) groups excluding carboxylic acids is 3. The molecule has 7 nitrogen and oxygen atoms in total. The molecule has 100 valence electrons. The Morgan fingerprint density at radius 2 is 1.89 bits per heavy atom. The molecule has 0 bridgehead atoms. The smallest absolute Gasteiger partial charge is 0.347 e. The van der Waals surface area contributed by atoms with Crippen molar-refractivity contribution in [3.63, 3.8) is 0 Å². The van der Waals surface area contributed by atoms with Crippen LogP contribution in [0.2, 0.25) is 0 Å². The van der Waals surface area contributed by atoms with Crippen LogP contribution in [0.3, 0.4) is 0 Å². The fraction of sp³-hybridized carbons (Fsp3) is 0.364. The lowest BCUT2D eigenvalue weighted by atomic mass is 10.4. The maximum absolute atomic E-state index is 11.2. The number of rotatable bonds is 8. The summed E-state index contributed by atoms with van der Waals surface area (Å²) >= 11 is 0. The molecule has 0 amide bonds. The Morgan fingerprint density at radius 1 is 1.22 bits per heavy atom. The second-order valence-electron chi connectivity index (χ2n) is 2.86. The number of hydrogen-bond acceptors (Lipinski definition) is 7. The first kappa shape index (κ1) is 15.7. The molecule has 0 aromatic rings. The molecule has 0 aromatic heterocycles. The van der Waals surface area contributed by atoms with E-state index in [4.69, 9.17) is 0 Å². The summed E-state index contributed by atoms with van der Waals surface area (Å²) in [6.45, 7) is 6.78. The first-order chi connectivity index (χ1) is 8.51. The maximum atomic E-state index is 11.2. The second-order valence-corrected chi connectivity index (χ2v) is 2.86. The van der Waals surface area contributed by atoms with Crippen molar-refractivity contribution in [2.45, 2.75) is 13.0 Å². The lowest BCUT2D eigenvalue weighted by Gasteiger charge is -2.11. The molecule has 7 heteroatoms. The Labute approximate surface area is 104 Å². The largest absolute Gasteiger partial charge is 0.466 e. The highest BCUT2D eigenvalue weighted by atomic mass is 16.7. The van der Waals surface area contributed by atoms with Gasteiger partial charge in [0.1, 0.15) is 0 Å². The molecule has 0 aliphatic carbocycles. The minimum absolute atomic E-state index is 0.319. The van der Waals surface area contributed by atoms with Crippen molar-refractivity contribution in [1.82, 2.24) is 0 Å². The summed E-state index contributed by atoms with van der Waals surface area (Å²) in [7, 11) is 0. The molecule has 0 saturated carbocycles. The fourth-order valence-corrected chi connectivity index (χ4v) is 0.707. The van der Waals surface area contributed by atoms with Gasteiger partial charge in [0.25, 0.3) is 0 Å². The van der Waals surface area contributed by atoms with Crippen LogP contribution in [0, 0.1) is 0 Å². The topological polar surface area (TPSA) is 88.1 Å². The normalized spacial score (nSPS) is 10.7. The van der Waals surface area contributed by atoms with Crippen LogP contribution in [0.15, 0.2) is 25.5 Å². The van der Waals surface area contributed by atoms with Gasteiger partial charge in [-0.3, -0.25) is 0 Å². The molecule has 0 aliphatic heterocycles. The van der Waals surface area contributed by atoms with E-state index in [-0.39, 0.29) is 6.79 Å². The zero-order valence-electron chi connectivity index (χ0n) is 9.92. The number of esters is 3. The molecular weight excluding hydrogens is 244 g/mol. The summed E-state index contributed by atoms with van der Waals surface area (Å²) in [5.74, 6) is -2.43. The quantitative estimate of drug-likeness (QED) is 0.154. The van der Waals surface area contributed by atoms with Crippen molar-refractivity contribution in [1.29, 1.82) is 0 Å². The maximum Gasteiger partial charge on any atom is 0.347 e. The van der Waals surface area contributed by atoms with Gasteiger partial charge in [0.05, 0.1) is 6.26 Å². The summed E-state index contributed by atoms with van der Waals surface area (Å²) in [6, 6.07) is 0. The van der Waals surface area contributed by atoms with Crippen LogP contribution in [0.5, 0.6) is 0 Å². The average Bonchev–Trinajstić information content (AvgIpc) is 2.35. The lowest BCUT2D eigenvalue weighted by Crippen LogP contribution is -2.28. The molecule has 0 heterocycles. The van der Waals surface area contributed by atoms with E-state index in [0.29, 0.717) is 0 Å². The van der Waals surface area contributed by atoms with Crippen LogP contribution in [0.25, 0.3) is 0 Å². The van der Waals surface area contributed by atoms with Crippen molar-refractivity contribution in [2.75, 3.05) is 13.4 Å². The van der Waals surface area contributed by atoms with Crippen LogP contribution < -0.4 is 0 Å². The molecule has 0 radical (unpaired) electrons. The van der Waals surface area contributed by atoms with E-state index in [9.17, 15) is 14.4 Å². The van der Waals surface area contributed by atoms with Gasteiger partial charge in [-0.15, -0.1) is 0 Å². The highest BCUT2D eigenvalue weighted by molar-refractivity contribution is 5.85. The summed E-state index contributed by atoms with van der Waals surface area (Å²) in [5.41, 5.74) is 0. The first-order valence-corrected chi connectivity index (χ1v) is 4.89. The van der Waals surface area contributed by atoms with E-state index in [1.165, 1.54) is 6.92 Å². The molecular formula is C11H14O7. The van der Waals surface area contributed by atoms with Crippen molar-refractivity contribution in [3.8, 4) is 0 Å². The summed E-state index contributed by atoms with van der Waals surface area (Å²) < 4.78 is 18.1. The monoisotopic (exact) mass is 258 g/mol. The van der Waals surface area contributed by atoms with Gasteiger partial charge < -0.3 is 18.9 Å². The standard InChI is InChI=1S/C11H14O7/c1-4-9(12)18-8(3)11(14)16-6-10(13)17-7-15-5-2/h4-5,8H,1-2,6-7H2,3H3. The first-order valence-electron chi connectivity index (χ1n) is 4.89. The van der Waals surface area contributed by atoms with E-state index >= 15 is 0 Å². The third kappa shape index (κ3) is 7.04. The zero-order chi connectivity index (χ0) is 14.0. The molecule has 1 atom stereocenters. The van der Waals surface area contributed by atoms with Crippen molar-refractivity contribution < 1.29 is 33.3 Å². The predicted molar refractivity (Wildman–Crippen MR) is 59.0 cm³/mol. The highest BCUT2D eigenvalue weighted by Gasteiger charge is 2.19. The molecule has 18 heavy (non-hydrogen) atoms. The van der Waals surface area contributed by atoms with Gasteiger partial charge in [0.2, 0.25) is 6.79 Å². The Hall–Kier alpha value is -2.31. The predicted octanol–water partition coefficient (Wildman–Crippen LogP) is 0.308. The van der Waals surface area contributed by atoms with Crippen molar-refractivity contribution >= 4 is 17.9 Å². The van der Waals surface area contributed by atoms with Crippen LogP contribution in [-0.2, 0) is 33.3 Å². The molecule has 0 saturated heterocycles. The number of hydrogen-bond donors (Lipinski definition) is 0. The third-order valence-corrected chi connectivity index (χ3v) is 1.53. The zero-order valence-corrected chi connectivity index (χ0v) is 9.92. The van der Waals surface area contributed by atoms with E-state index in [0.717, 1.165) is 12.3 Å². The summed E-state index contributed by atoms with van der Waals surface area (Å²) in [4.78, 5) is 33.0. The number of carbonyl (C=O) groups is 3. The molecule has 0 N–H and O–H groups in total. The fourth-order valence-electron chi connectivity index (χ4n) is 0.707. The van der Waals surface area contributed by atoms with Gasteiger partial charge in [-0.05, 0) is 6.92 Å². The molecule has 1 unspecified atom stereocenters. The molecule has 0 aromatic carbocycles. The van der Waals surface area contributed by atoms with Crippen LogP contribution in [0.1, 0.15) is 6.92 Å². The van der Waals surface area contributed by atoms with Crippen molar-refractivity contribution in [2.24, 2.45) is 0 Å². The Bertz CT molecular complexity index is 334. The SMILES string of the molecule is C=COCOC(=O)COC(=O)C(C)OC(=O)C=C. The minimum Gasteiger partial charge on any atom is -0.466 e. The van der Waals surface area contributed by atoms with Gasteiger partial charge >= 0.3 is 17.9 Å². The second kappa shape index (κ2) is 8.80. The summed E-state index contributed by atoms with van der Waals surface area (Å²) in [5, 5.41) is 0. The van der Waals surface area contributed by atoms with Gasteiger partial charge in [-0.25, -0.2) is 14.4 Å². The number of ether oxygens (including phenoxy) is 4. The van der Waals surface area contributed by atoms with E-state index < -0.39 is 30.6 Å². The highest BCUT2D eigenvalue weighted by Crippen LogP contribution is 1.96. The minimum atomic E-state index is -1.13. The van der Waals surface area contributed by atoms with Gasteiger partial charge in [-0.1, -0.05) is 13.2 Å². The summed E-state index contributed by atoms with van der Waals surface area (Å²) in [6.07, 6.45) is 0.869. The molecule has 0 aliphatic rings.